The lowest BCUT2D eigenvalue weighted by molar-refractivity contribution is -0.389. The summed E-state index contributed by atoms with van der Waals surface area (Å²) in [5, 5.41) is 10.7. The average molecular weight is 339 g/mol. The number of methoxy groups -OCH3 is 1. The second kappa shape index (κ2) is 5.99. The second-order valence-corrected chi connectivity index (χ2v) is 7.15. The lowest BCUT2D eigenvalue weighted by atomic mass is 9.98. The van der Waals surface area contributed by atoms with Gasteiger partial charge in [-0.05, 0) is 46.0 Å². The van der Waals surface area contributed by atoms with Crippen molar-refractivity contribution in [1.82, 2.24) is 8.96 Å². The molecule has 9 heteroatoms. The molecule has 0 fully saturated rings. The van der Waals surface area contributed by atoms with Crippen molar-refractivity contribution in [1.29, 1.82) is 0 Å². The van der Waals surface area contributed by atoms with E-state index in [0.717, 1.165) is 27.6 Å². The van der Waals surface area contributed by atoms with Crippen LogP contribution >= 0.6 is 0 Å². The van der Waals surface area contributed by atoms with E-state index in [9.17, 15) is 18.5 Å². The summed E-state index contributed by atoms with van der Waals surface area (Å²) in [5.74, 6) is -0.237. The molecule has 0 unspecified atom stereocenters. The summed E-state index contributed by atoms with van der Waals surface area (Å²) >= 11 is 0. The predicted octanol–water partition coefficient (Wildman–Crippen LogP) is 2.47. The van der Waals surface area contributed by atoms with Crippen LogP contribution in [-0.4, -0.2) is 29.4 Å². The predicted molar refractivity (Wildman–Crippen MR) is 83.3 cm³/mol. The summed E-state index contributed by atoms with van der Waals surface area (Å²) in [5.41, 5.74) is 1.77. The van der Waals surface area contributed by atoms with Gasteiger partial charge in [-0.3, -0.25) is 0 Å². The normalized spacial score (nSPS) is 11.7. The Kier molecular flexibility index (Phi) is 4.42. The van der Waals surface area contributed by atoms with Crippen LogP contribution in [0.5, 0.6) is 5.75 Å². The molecule has 23 heavy (non-hydrogen) atoms. The lowest BCUT2D eigenvalue weighted by Gasteiger charge is -2.16. The van der Waals surface area contributed by atoms with E-state index in [2.05, 4.69) is 4.98 Å². The molecule has 0 radical (unpaired) electrons. The molecule has 0 saturated carbocycles. The van der Waals surface area contributed by atoms with Gasteiger partial charge in [0.15, 0.2) is 0 Å². The van der Waals surface area contributed by atoms with Gasteiger partial charge in [0, 0.05) is 0 Å². The molecule has 0 aliphatic rings. The summed E-state index contributed by atoms with van der Waals surface area (Å²) in [4.78, 5) is 13.4. The number of benzene rings is 1. The van der Waals surface area contributed by atoms with Crippen LogP contribution < -0.4 is 4.74 Å². The molecule has 1 aromatic heterocycles. The number of rotatable bonds is 5. The molecular weight excluding hydrogens is 322 g/mol. The topological polar surface area (TPSA) is 104 Å². The third-order valence-electron chi connectivity index (χ3n) is 3.46. The van der Waals surface area contributed by atoms with Crippen molar-refractivity contribution >= 4 is 15.8 Å². The molecule has 0 aliphatic heterocycles. The Bertz CT molecular complexity index is 855. The Morgan fingerprint density at radius 3 is 2.48 bits per heavy atom. The van der Waals surface area contributed by atoms with Crippen molar-refractivity contribution in [3.63, 3.8) is 0 Å². The zero-order valence-corrected chi connectivity index (χ0v) is 14.0. The van der Waals surface area contributed by atoms with Crippen molar-refractivity contribution in [2.45, 2.75) is 31.6 Å². The largest absolute Gasteiger partial charge is 0.495 e. The molecule has 0 bridgehead atoms. The van der Waals surface area contributed by atoms with Gasteiger partial charge in [0.1, 0.15) is 16.8 Å². The fourth-order valence-corrected chi connectivity index (χ4v) is 3.60. The first-order valence-electron chi connectivity index (χ1n) is 6.81. The van der Waals surface area contributed by atoms with Gasteiger partial charge in [-0.15, -0.1) is 0 Å². The minimum absolute atomic E-state index is 0.0541. The van der Waals surface area contributed by atoms with Crippen molar-refractivity contribution in [2.75, 3.05) is 7.11 Å². The molecule has 0 saturated heterocycles. The second-order valence-electron chi connectivity index (χ2n) is 5.34. The maximum Gasteiger partial charge on any atom is 0.382 e. The Morgan fingerprint density at radius 2 is 2.00 bits per heavy atom. The number of aromatic nitrogens is 2. The Morgan fingerprint density at radius 1 is 1.35 bits per heavy atom. The molecule has 0 aliphatic carbocycles. The minimum atomic E-state index is -4.04. The molecule has 0 atom stereocenters. The SMILES string of the molecule is COc1cc(C)c(C(C)C)cc1S(=O)(=O)n1cnc([N+](=O)[O-])c1. The quantitative estimate of drug-likeness (QED) is 0.612. The highest BCUT2D eigenvalue weighted by Gasteiger charge is 2.26. The molecule has 0 amide bonds. The summed E-state index contributed by atoms with van der Waals surface area (Å²) < 4.78 is 31.4. The summed E-state index contributed by atoms with van der Waals surface area (Å²) in [6.45, 7) is 5.77. The van der Waals surface area contributed by atoms with Crippen LogP contribution in [0, 0.1) is 17.0 Å². The van der Waals surface area contributed by atoms with Gasteiger partial charge in [0.2, 0.25) is 6.33 Å². The first-order chi connectivity index (χ1) is 10.7. The van der Waals surface area contributed by atoms with Gasteiger partial charge < -0.3 is 14.9 Å². The number of nitro groups is 1. The van der Waals surface area contributed by atoms with Crippen LogP contribution in [-0.2, 0) is 10.0 Å². The van der Waals surface area contributed by atoms with Crippen LogP contribution in [0.25, 0.3) is 0 Å². The number of hydrogen-bond donors (Lipinski definition) is 0. The third-order valence-corrected chi connectivity index (χ3v) is 5.09. The van der Waals surface area contributed by atoms with Gasteiger partial charge in [-0.2, -0.15) is 0 Å². The molecule has 2 aromatic rings. The Hall–Kier alpha value is -2.42. The summed E-state index contributed by atoms with van der Waals surface area (Å²) in [7, 11) is -2.67. The number of imidazole rings is 1. The highest BCUT2D eigenvalue weighted by atomic mass is 32.2. The average Bonchev–Trinajstić information content (AvgIpc) is 2.96. The number of ether oxygens (including phenoxy) is 1. The summed E-state index contributed by atoms with van der Waals surface area (Å²) in [6, 6.07) is 3.19. The van der Waals surface area contributed by atoms with Crippen LogP contribution in [0.15, 0.2) is 29.6 Å². The lowest BCUT2D eigenvalue weighted by Crippen LogP contribution is -2.13. The maximum atomic E-state index is 12.8. The first kappa shape index (κ1) is 16.9. The highest BCUT2D eigenvalue weighted by Crippen LogP contribution is 2.32. The van der Waals surface area contributed by atoms with E-state index >= 15 is 0 Å². The van der Waals surface area contributed by atoms with Crippen molar-refractivity contribution in [2.24, 2.45) is 0 Å². The molecule has 8 nitrogen and oxygen atoms in total. The minimum Gasteiger partial charge on any atom is -0.495 e. The van der Waals surface area contributed by atoms with Crippen molar-refractivity contribution in [3.05, 3.63) is 45.9 Å². The van der Waals surface area contributed by atoms with Gasteiger partial charge in [-0.25, -0.2) is 12.4 Å². The van der Waals surface area contributed by atoms with Crippen LogP contribution in [0.1, 0.15) is 30.9 Å². The molecule has 0 spiro atoms. The van der Waals surface area contributed by atoms with E-state index in [1.807, 2.05) is 20.8 Å². The fraction of sp³-hybridized carbons (Fsp3) is 0.357. The standard InChI is InChI=1S/C14H17N3O5S/c1-9(2)11-6-13(12(22-4)5-10(11)3)23(20,21)16-7-14(15-8-16)17(18)19/h5-9H,1-4H3. The fourth-order valence-electron chi connectivity index (χ4n) is 2.30. The van der Waals surface area contributed by atoms with Crippen LogP contribution in [0.4, 0.5) is 5.82 Å². The van der Waals surface area contributed by atoms with E-state index < -0.39 is 20.8 Å². The molecular formula is C14H17N3O5S. The van der Waals surface area contributed by atoms with E-state index in [1.54, 1.807) is 12.1 Å². The first-order valence-corrected chi connectivity index (χ1v) is 8.25. The van der Waals surface area contributed by atoms with Crippen molar-refractivity contribution < 1.29 is 18.1 Å². The Balaban J connectivity index is 2.66. The third kappa shape index (κ3) is 3.04. The molecule has 124 valence electrons. The molecule has 2 rings (SSSR count). The van der Waals surface area contributed by atoms with Crippen LogP contribution in [0.3, 0.4) is 0 Å². The number of hydrogen-bond acceptors (Lipinski definition) is 6. The van der Waals surface area contributed by atoms with Crippen LogP contribution in [0.2, 0.25) is 0 Å². The summed E-state index contributed by atoms with van der Waals surface area (Å²) in [6.07, 6.45) is 1.77. The monoisotopic (exact) mass is 339 g/mol. The van der Waals surface area contributed by atoms with Gasteiger partial charge in [-0.1, -0.05) is 13.8 Å². The highest BCUT2D eigenvalue weighted by molar-refractivity contribution is 7.90. The smallest absolute Gasteiger partial charge is 0.382 e. The zero-order chi connectivity index (χ0) is 17.4. The van der Waals surface area contributed by atoms with Gasteiger partial charge in [0.25, 0.3) is 10.0 Å². The Labute approximate surface area is 133 Å². The van der Waals surface area contributed by atoms with E-state index in [0.29, 0.717) is 0 Å². The zero-order valence-electron chi connectivity index (χ0n) is 13.2. The van der Waals surface area contributed by atoms with Gasteiger partial charge in [0.05, 0.1) is 7.11 Å². The van der Waals surface area contributed by atoms with E-state index in [1.165, 1.54) is 7.11 Å². The molecule has 1 aromatic carbocycles. The van der Waals surface area contributed by atoms with E-state index in [-0.39, 0.29) is 16.6 Å². The maximum absolute atomic E-state index is 12.8. The van der Waals surface area contributed by atoms with Crippen molar-refractivity contribution in [3.8, 4) is 5.75 Å². The molecule has 1 heterocycles. The number of nitrogens with zero attached hydrogens (tertiary/aromatic N) is 3. The van der Waals surface area contributed by atoms with E-state index in [4.69, 9.17) is 4.74 Å². The number of aryl methyl sites for hydroxylation is 1. The van der Waals surface area contributed by atoms with Gasteiger partial charge >= 0.3 is 5.82 Å². The molecule has 0 N–H and O–H groups in total.